The molecule has 1 aromatic carbocycles. The molecule has 0 N–H and O–H groups in total. The Balaban J connectivity index is 1.68. The van der Waals surface area contributed by atoms with Gasteiger partial charge in [0.2, 0.25) is 11.8 Å². The second kappa shape index (κ2) is 10.7. The van der Waals surface area contributed by atoms with E-state index in [1.165, 1.54) is 6.42 Å². The first-order valence-electron chi connectivity index (χ1n) is 11.7. The zero-order valence-corrected chi connectivity index (χ0v) is 20.0. The van der Waals surface area contributed by atoms with Gasteiger partial charge in [-0.2, -0.15) is 0 Å². The van der Waals surface area contributed by atoms with Crippen LogP contribution in [-0.4, -0.2) is 54.4 Å². The number of ether oxygens (including phenoxy) is 1. The zero-order valence-electron chi connectivity index (χ0n) is 19.3. The summed E-state index contributed by atoms with van der Waals surface area (Å²) >= 11 is 6.15. The molecule has 6 heteroatoms. The fourth-order valence-electron chi connectivity index (χ4n) is 4.60. The van der Waals surface area contributed by atoms with Crippen molar-refractivity contribution in [1.82, 2.24) is 9.80 Å². The number of halogens is 1. The average molecular weight is 449 g/mol. The van der Waals surface area contributed by atoms with Gasteiger partial charge in [-0.15, -0.1) is 0 Å². The molecule has 1 aromatic rings. The number of likely N-dealkylation sites (tertiary alicyclic amines) is 2. The van der Waals surface area contributed by atoms with Gasteiger partial charge in [0.1, 0.15) is 5.75 Å². The highest BCUT2D eigenvalue weighted by Gasteiger charge is 2.39. The number of piperidine rings is 2. The number of hydrogen-bond acceptors (Lipinski definition) is 3. The number of nitrogens with zero attached hydrogens (tertiary/aromatic N) is 2. The van der Waals surface area contributed by atoms with E-state index in [0.717, 1.165) is 55.1 Å². The molecule has 5 nitrogen and oxygen atoms in total. The highest BCUT2D eigenvalue weighted by molar-refractivity contribution is 6.31. The Kier molecular flexibility index (Phi) is 8.26. The van der Waals surface area contributed by atoms with Crippen LogP contribution in [0.1, 0.15) is 64.4 Å². The molecule has 0 radical (unpaired) electrons. The summed E-state index contributed by atoms with van der Waals surface area (Å²) in [5.41, 5.74) is 0.739. The van der Waals surface area contributed by atoms with Crippen molar-refractivity contribution in [2.75, 3.05) is 32.8 Å². The maximum atomic E-state index is 13.1. The molecule has 0 aromatic heterocycles. The second-order valence-electron chi connectivity index (χ2n) is 9.80. The van der Waals surface area contributed by atoms with Gasteiger partial charge in [0, 0.05) is 49.5 Å². The summed E-state index contributed by atoms with van der Waals surface area (Å²) in [5, 5.41) is 0.722. The van der Waals surface area contributed by atoms with Crippen LogP contribution in [0.25, 0.3) is 0 Å². The third kappa shape index (κ3) is 6.61. The number of hydrogen-bond donors (Lipinski definition) is 0. The molecule has 2 heterocycles. The smallest absolute Gasteiger partial charge is 0.223 e. The van der Waals surface area contributed by atoms with E-state index in [-0.39, 0.29) is 17.2 Å². The van der Waals surface area contributed by atoms with Gasteiger partial charge in [0.15, 0.2) is 0 Å². The van der Waals surface area contributed by atoms with Gasteiger partial charge < -0.3 is 14.5 Å². The van der Waals surface area contributed by atoms with Crippen LogP contribution in [0.4, 0.5) is 0 Å². The molecular weight excluding hydrogens is 412 g/mol. The third-order valence-electron chi connectivity index (χ3n) is 6.67. The summed E-state index contributed by atoms with van der Waals surface area (Å²) in [5.74, 6) is 1.60. The summed E-state index contributed by atoms with van der Waals surface area (Å²) in [6.07, 6.45) is 6.06. The molecule has 0 saturated carbocycles. The van der Waals surface area contributed by atoms with Crippen molar-refractivity contribution in [3.63, 3.8) is 0 Å². The number of benzene rings is 1. The highest BCUT2D eigenvalue weighted by atomic mass is 35.5. The van der Waals surface area contributed by atoms with Crippen LogP contribution in [0.2, 0.25) is 5.02 Å². The van der Waals surface area contributed by atoms with Gasteiger partial charge >= 0.3 is 0 Å². The fourth-order valence-corrected chi connectivity index (χ4v) is 4.72. The zero-order chi connectivity index (χ0) is 22.4. The van der Waals surface area contributed by atoms with Gasteiger partial charge in [-0.1, -0.05) is 25.4 Å². The minimum absolute atomic E-state index is 0.222. The molecule has 2 aliphatic rings. The molecule has 3 rings (SSSR count). The normalized spacial score (nSPS) is 18.9. The van der Waals surface area contributed by atoms with Crippen molar-refractivity contribution >= 4 is 23.4 Å². The summed E-state index contributed by atoms with van der Waals surface area (Å²) in [6, 6.07) is 5.69. The van der Waals surface area contributed by atoms with Gasteiger partial charge in [-0.05, 0) is 68.7 Å². The summed E-state index contributed by atoms with van der Waals surface area (Å²) in [7, 11) is 0. The van der Waals surface area contributed by atoms with Gasteiger partial charge in [-0.3, -0.25) is 9.59 Å². The molecule has 2 saturated heterocycles. The van der Waals surface area contributed by atoms with Crippen LogP contribution in [0.5, 0.6) is 5.75 Å². The SMILES string of the molecule is Cc1cc(OCC2(CC(=O)N3CCCCC3)CCN(C(=O)CC(C)C)CC2)ccc1Cl. The van der Waals surface area contributed by atoms with Gasteiger partial charge in [0.25, 0.3) is 0 Å². The van der Waals surface area contributed by atoms with E-state index in [9.17, 15) is 9.59 Å². The molecule has 172 valence electrons. The van der Waals surface area contributed by atoms with Crippen molar-refractivity contribution in [1.29, 1.82) is 0 Å². The van der Waals surface area contributed by atoms with Crippen LogP contribution in [0.3, 0.4) is 0 Å². The van der Waals surface area contributed by atoms with E-state index in [2.05, 4.69) is 13.8 Å². The standard InChI is InChI=1S/C25H37ClN2O3/c1-19(2)15-23(29)28-13-9-25(10-14-28,17-24(30)27-11-5-4-6-12-27)18-31-21-7-8-22(26)20(3)16-21/h7-8,16,19H,4-6,9-15,17-18H2,1-3H3. The maximum Gasteiger partial charge on any atom is 0.223 e. The van der Waals surface area contributed by atoms with E-state index in [4.69, 9.17) is 16.3 Å². The van der Waals surface area contributed by atoms with Crippen LogP contribution in [-0.2, 0) is 9.59 Å². The van der Waals surface area contributed by atoms with E-state index < -0.39 is 0 Å². The molecular formula is C25H37ClN2O3. The number of rotatable bonds is 7. The minimum Gasteiger partial charge on any atom is -0.493 e. The Morgan fingerprint density at radius 2 is 1.68 bits per heavy atom. The number of carbonyl (C=O) groups is 2. The third-order valence-corrected chi connectivity index (χ3v) is 7.09. The van der Waals surface area contributed by atoms with Crippen molar-refractivity contribution in [2.24, 2.45) is 11.3 Å². The molecule has 0 atom stereocenters. The number of carbonyl (C=O) groups excluding carboxylic acids is 2. The fraction of sp³-hybridized carbons (Fsp3) is 0.680. The topological polar surface area (TPSA) is 49.9 Å². The summed E-state index contributed by atoms with van der Waals surface area (Å²) in [4.78, 5) is 29.6. The monoisotopic (exact) mass is 448 g/mol. The Bertz CT molecular complexity index is 766. The van der Waals surface area contributed by atoms with E-state index in [0.29, 0.717) is 38.5 Å². The van der Waals surface area contributed by atoms with Gasteiger partial charge in [-0.25, -0.2) is 0 Å². The minimum atomic E-state index is -0.239. The predicted molar refractivity (Wildman–Crippen MR) is 124 cm³/mol. The lowest BCUT2D eigenvalue weighted by atomic mass is 9.75. The van der Waals surface area contributed by atoms with Crippen molar-refractivity contribution in [3.05, 3.63) is 28.8 Å². The first-order chi connectivity index (χ1) is 14.8. The Labute approximate surface area is 192 Å². The summed E-state index contributed by atoms with van der Waals surface area (Å²) < 4.78 is 6.20. The Hall–Kier alpha value is -1.75. The Morgan fingerprint density at radius 3 is 2.29 bits per heavy atom. The van der Waals surface area contributed by atoms with E-state index >= 15 is 0 Å². The first-order valence-corrected chi connectivity index (χ1v) is 12.1. The van der Waals surface area contributed by atoms with Crippen LogP contribution < -0.4 is 4.74 Å². The number of amides is 2. The molecule has 2 aliphatic heterocycles. The Morgan fingerprint density at radius 1 is 1.03 bits per heavy atom. The van der Waals surface area contributed by atoms with Crippen LogP contribution in [0, 0.1) is 18.3 Å². The van der Waals surface area contributed by atoms with Crippen molar-refractivity contribution in [2.45, 2.75) is 65.7 Å². The van der Waals surface area contributed by atoms with Crippen molar-refractivity contribution in [3.8, 4) is 5.75 Å². The molecule has 31 heavy (non-hydrogen) atoms. The van der Waals surface area contributed by atoms with Crippen molar-refractivity contribution < 1.29 is 14.3 Å². The molecule has 0 aliphatic carbocycles. The van der Waals surface area contributed by atoms with Gasteiger partial charge in [0.05, 0.1) is 6.61 Å². The van der Waals surface area contributed by atoms with E-state index in [1.807, 2.05) is 34.9 Å². The predicted octanol–water partition coefficient (Wildman–Crippen LogP) is 5.08. The number of aryl methyl sites for hydroxylation is 1. The summed E-state index contributed by atoms with van der Waals surface area (Å²) in [6.45, 7) is 9.72. The highest BCUT2D eigenvalue weighted by Crippen LogP contribution is 2.37. The van der Waals surface area contributed by atoms with Crippen LogP contribution in [0.15, 0.2) is 18.2 Å². The maximum absolute atomic E-state index is 13.1. The lowest BCUT2D eigenvalue weighted by molar-refractivity contribution is -0.138. The molecule has 0 unspecified atom stereocenters. The average Bonchev–Trinajstić information content (AvgIpc) is 2.75. The second-order valence-corrected chi connectivity index (χ2v) is 10.2. The quantitative estimate of drug-likeness (QED) is 0.584. The molecule has 2 amide bonds. The first kappa shape index (κ1) is 23.9. The molecule has 0 spiro atoms. The lowest BCUT2D eigenvalue weighted by Gasteiger charge is -2.42. The molecule has 2 fully saturated rings. The molecule has 0 bridgehead atoms. The van der Waals surface area contributed by atoms with E-state index in [1.54, 1.807) is 0 Å². The lowest BCUT2D eigenvalue weighted by Crippen LogP contribution is -2.48. The van der Waals surface area contributed by atoms with Crippen LogP contribution >= 0.6 is 11.6 Å². The largest absolute Gasteiger partial charge is 0.493 e.